The highest BCUT2D eigenvalue weighted by molar-refractivity contribution is 7.99. The minimum atomic E-state index is -0.205. The average Bonchev–Trinajstić information content (AvgIpc) is 3.22. The zero-order valence-electron chi connectivity index (χ0n) is 15.2. The number of amides is 1. The van der Waals surface area contributed by atoms with Gasteiger partial charge in [-0.1, -0.05) is 67.5 Å². The van der Waals surface area contributed by atoms with Gasteiger partial charge in [0.25, 0.3) is 0 Å². The van der Waals surface area contributed by atoms with Gasteiger partial charge in [0, 0.05) is 17.0 Å². The first-order valence-corrected chi connectivity index (χ1v) is 9.19. The number of thioether (sulfide) groups is 1. The number of carbonyl (C=O) groups is 1. The number of nitrogens with one attached hydrogen (secondary N) is 2. The smallest absolute Gasteiger partial charge is 0.237 e. The SMILES string of the molecule is Cc1ccc(-c2cc(NC(=O)CSc3n[nH]c(C(C)(C)C)n3)on2)cc1. The van der Waals surface area contributed by atoms with Crippen molar-refractivity contribution >= 4 is 23.6 Å². The Morgan fingerprint density at radius 2 is 2.00 bits per heavy atom. The van der Waals surface area contributed by atoms with Crippen LogP contribution in [0.15, 0.2) is 40.0 Å². The third kappa shape index (κ3) is 4.51. The van der Waals surface area contributed by atoms with E-state index < -0.39 is 0 Å². The second-order valence-corrected chi connectivity index (χ2v) is 7.94. The van der Waals surface area contributed by atoms with E-state index in [9.17, 15) is 4.79 Å². The van der Waals surface area contributed by atoms with Crippen molar-refractivity contribution in [1.29, 1.82) is 0 Å². The predicted octanol–water partition coefficient (Wildman–Crippen LogP) is 3.80. The highest BCUT2D eigenvalue weighted by Gasteiger charge is 2.19. The molecule has 136 valence electrons. The first-order chi connectivity index (χ1) is 12.3. The molecule has 1 amide bonds. The van der Waals surface area contributed by atoms with Crippen LogP contribution >= 0.6 is 11.8 Å². The first kappa shape index (κ1) is 18.2. The van der Waals surface area contributed by atoms with Crippen LogP contribution in [0.1, 0.15) is 32.2 Å². The van der Waals surface area contributed by atoms with Crippen molar-refractivity contribution in [3.8, 4) is 11.3 Å². The minimum absolute atomic E-state index is 0.111. The van der Waals surface area contributed by atoms with Gasteiger partial charge in [-0.25, -0.2) is 4.98 Å². The lowest BCUT2D eigenvalue weighted by molar-refractivity contribution is -0.113. The van der Waals surface area contributed by atoms with Crippen LogP contribution in [0, 0.1) is 6.92 Å². The van der Waals surface area contributed by atoms with Gasteiger partial charge >= 0.3 is 0 Å². The molecule has 3 rings (SSSR count). The van der Waals surface area contributed by atoms with Crippen LogP contribution < -0.4 is 5.32 Å². The molecule has 2 aromatic heterocycles. The molecular weight excluding hydrogens is 350 g/mol. The monoisotopic (exact) mass is 371 g/mol. The minimum Gasteiger partial charge on any atom is -0.338 e. The third-order valence-electron chi connectivity index (χ3n) is 3.63. The molecule has 7 nitrogen and oxygen atoms in total. The van der Waals surface area contributed by atoms with E-state index in [1.807, 2.05) is 52.0 Å². The fraction of sp³-hybridized carbons (Fsp3) is 0.333. The number of H-pyrrole nitrogens is 1. The summed E-state index contributed by atoms with van der Waals surface area (Å²) in [5, 5.41) is 14.3. The van der Waals surface area contributed by atoms with Gasteiger partial charge in [-0.3, -0.25) is 15.2 Å². The summed E-state index contributed by atoms with van der Waals surface area (Å²) in [6.45, 7) is 8.16. The summed E-state index contributed by atoms with van der Waals surface area (Å²) >= 11 is 1.26. The lowest BCUT2D eigenvalue weighted by Gasteiger charge is -2.12. The highest BCUT2D eigenvalue weighted by atomic mass is 32.2. The van der Waals surface area contributed by atoms with Crippen LogP contribution in [0.3, 0.4) is 0 Å². The predicted molar refractivity (Wildman–Crippen MR) is 101 cm³/mol. The number of nitrogens with zero attached hydrogens (tertiary/aromatic N) is 3. The molecule has 0 spiro atoms. The van der Waals surface area contributed by atoms with Crippen molar-refractivity contribution in [1.82, 2.24) is 20.3 Å². The van der Waals surface area contributed by atoms with Gasteiger partial charge in [0.05, 0.1) is 5.75 Å². The Balaban J connectivity index is 1.55. The van der Waals surface area contributed by atoms with E-state index in [0.29, 0.717) is 16.7 Å². The summed E-state index contributed by atoms with van der Waals surface area (Å²) in [5.41, 5.74) is 2.67. The van der Waals surface area contributed by atoms with Gasteiger partial charge in [0.15, 0.2) is 0 Å². The Kier molecular flexibility index (Phi) is 5.13. The molecule has 0 aliphatic carbocycles. The Hall–Kier alpha value is -2.61. The Labute approximate surface area is 156 Å². The second-order valence-electron chi connectivity index (χ2n) is 7.00. The highest BCUT2D eigenvalue weighted by Crippen LogP contribution is 2.23. The lowest BCUT2D eigenvalue weighted by Crippen LogP contribution is -2.14. The molecule has 0 aliphatic rings. The van der Waals surface area contributed by atoms with Crippen LogP contribution in [-0.2, 0) is 10.2 Å². The van der Waals surface area contributed by atoms with Gasteiger partial charge in [-0.2, -0.15) is 0 Å². The van der Waals surface area contributed by atoms with Gasteiger partial charge in [-0.15, -0.1) is 5.10 Å². The Morgan fingerprint density at radius 1 is 1.27 bits per heavy atom. The summed E-state index contributed by atoms with van der Waals surface area (Å²) in [6.07, 6.45) is 0. The quantitative estimate of drug-likeness (QED) is 0.662. The van der Waals surface area contributed by atoms with Crippen LogP contribution in [-0.4, -0.2) is 32.0 Å². The summed E-state index contributed by atoms with van der Waals surface area (Å²) in [7, 11) is 0. The van der Waals surface area contributed by atoms with Crippen molar-refractivity contribution in [3.05, 3.63) is 41.7 Å². The largest absolute Gasteiger partial charge is 0.338 e. The van der Waals surface area contributed by atoms with Crippen LogP contribution in [0.4, 0.5) is 5.88 Å². The molecule has 0 aliphatic heterocycles. The maximum atomic E-state index is 12.1. The standard InChI is InChI=1S/C18H21N5O2S/c1-11-5-7-12(8-6-11)13-9-15(25-23-13)19-14(24)10-26-17-20-16(21-22-17)18(2,3)4/h5-9H,10H2,1-4H3,(H,19,24)(H,20,21,22). The average molecular weight is 371 g/mol. The molecule has 0 bridgehead atoms. The maximum absolute atomic E-state index is 12.1. The number of anilines is 1. The van der Waals surface area contributed by atoms with E-state index in [-0.39, 0.29) is 17.1 Å². The number of carbonyl (C=O) groups excluding carboxylic acids is 1. The molecule has 8 heteroatoms. The van der Waals surface area contributed by atoms with Gasteiger partial charge in [-0.05, 0) is 6.92 Å². The zero-order valence-corrected chi connectivity index (χ0v) is 16.0. The number of benzene rings is 1. The lowest BCUT2D eigenvalue weighted by atomic mass is 9.96. The number of hydrogen-bond acceptors (Lipinski definition) is 6. The van der Waals surface area contributed by atoms with Crippen LogP contribution in [0.25, 0.3) is 11.3 Å². The normalized spacial score (nSPS) is 11.5. The first-order valence-electron chi connectivity index (χ1n) is 8.20. The number of rotatable bonds is 5. The molecule has 0 unspecified atom stereocenters. The van der Waals surface area contributed by atoms with Crippen molar-refractivity contribution in [3.63, 3.8) is 0 Å². The molecular formula is C18H21N5O2S. The van der Waals surface area contributed by atoms with Crippen LogP contribution in [0.5, 0.6) is 0 Å². The van der Waals surface area contributed by atoms with Gasteiger partial charge in [0.1, 0.15) is 11.5 Å². The second kappa shape index (κ2) is 7.33. The van der Waals surface area contributed by atoms with Crippen molar-refractivity contribution < 1.29 is 9.32 Å². The molecule has 0 saturated carbocycles. The van der Waals surface area contributed by atoms with E-state index in [1.165, 1.54) is 17.3 Å². The number of aryl methyl sites for hydroxylation is 1. The molecule has 26 heavy (non-hydrogen) atoms. The Bertz CT molecular complexity index is 893. The molecule has 0 atom stereocenters. The van der Waals surface area contributed by atoms with E-state index >= 15 is 0 Å². The fourth-order valence-electron chi connectivity index (χ4n) is 2.14. The van der Waals surface area contributed by atoms with Gasteiger partial charge in [0.2, 0.25) is 16.9 Å². The van der Waals surface area contributed by atoms with Crippen molar-refractivity contribution in [2.45, 2.75) is 38.3 Å². The molecule has 1 aromatic carbocycles. The van der Waals surface area contributed by atoms with Crippen molar-refractivity contribution in [2.24, 2.45) is 0 Å². The van der Waals surface area contributed by atoms with E-state index in [2.05, 4.69) is 25.7 Å². The van der Waals surface area contributed by atoms with Gasteiger partial charge < -0.3 is 4.52 Å². The number of aromatic nitrogens is 4. The van der Waals surface area contributed by atoms with E-state index in [4.69, 9.17) is 4.52 Å². The topological polar surface area (TPSA) is 96.7 Å². The summed E-state index contributed by atoms with van der Waals surface area (Å²) < 4.78 is 5.19. The molecule has 0 fully saturated rings. The third-order valence-corrected chi connectivity index (χ3v) is 4.48. The van der Waals surface area contributed by atoms with E-state index in [1.54, 1.807) is 6.07 Å². The number of hydrogen-bond donors (Lipinski definition) is 2. The Morgan fingerprint density at radius 3 is 2.65 bits per heavy atom. The van der Waals surface area contributed by atoms with E-state index in [0.717, 1.165) is 11.4 Å². The molecule has 2 N–H and O–H groups in total. The number of aromatic amines is 1. The summed E-state index contributed by atoms with van der Waals surface area (Å²) in [5.74, 6) is 1.08. The molecule has 2 heterocycles. The fourth-order valence-corrected chi connectivity index (χ4v) is 2.74. The zero-order chi connectivity index (χ0) is 18.7. The molecule has 3 aromatic rings. The van der Waals surface area contributed by atoms with Crippen molar-refractivity contribution in [2.75, 3.05) is 11.1 Å². The summed E-state index contributed by atoms with van der Waals surface area (Å²) in [6, 6.07) is 9.64. The van der Waals surface area contributed by atoms with Crippen LogP contribution in [0.2, 0.25) is 0 Å². The maximum Gasteiger partial charge on any atom is 0.237 e. The summed E-state index contributed by atoms with van der Waals surface area (Å²) in [4.78, 5) is 16.5. The molecule has 0 radical (unpaired) electrons. The molecule has 0 saturated heterocycles.